The fourth-order valence-corrected chi connectivity index (χ4v) is 0.750. The molecule has 0 aromatic heterocycles. The Labute approximate surface area is 147 Å². The highest BCUT2D eigenvalue weighted by atomic mass is 17.3. The smallest absolute Gasteiger partial charge is 0.231 e. The van der Waals surface area contributed by atoms with Crippen LogP contribution in [0.3, 0.4) is 0 Å². The molecule has 0 rings (SSSR count). The van der Waals surface area contributed by atoms with Crippen LogP contribution in [0.1, 0.15) is 61.8 Å². The van der Waals surface area contributed by atoms with E-state index in [4.69, 9.17) is 19.6 Å². The molecule has 0 unspecified atom stereocenters. The highest BCUT2D eigenvalue weighted by Crippen LogP contribution is 2.23. The summed E-state index contributed by atoms with van der Waals surface area (Å²) in [7, 11) is 0. The summed E-state index contributed by atoms with van der Waals surface area (Å²) in [6.07, 6.45) is 3.85. The van der Waals surface area contributed by atoms with Gasteiger partial charge in [0.05, 0.1) is 11.2 Å². The second-order valence-corrected chi connectivity index (χ2v) is 7.19. The molecule has 0 N–H and O–H groups in total. The van der Waals surface area contributed by atoms with E-state index in [-0.39, 0.29) is 11.2 Å². The van der Waals surface area contributed by atoms with Crippen molar-refractivity contribution in [2.45, 2.75) is 78.8 Å². The van der Waals surface area contributed by atoms with Crippen LogP contribution < -0.4 is 0 Å². The number of rotatable bonds is 10. The zero-order valence-electron chi connectivity index (χ0n) is 16.6. The van der Waals surface area contributed by atoms with Crippen LogP contribution in [0.2, 0.25) is 0 Å². The van der Waals surface area contributed by atoms with Crippen LogP contribution in [0.15, 0.2) is 25.3 Å². The van der Waals surface area contributed by atoms with Gasteiger partial charge < -0.3 is 0 Å². The fourth-order valence-electron chi connectivity index (χ4n) is 0.750. The largest absolute Gasteiger partial charge is 0.232 e. The molecular weight excluding hydrogens is 312 g/mol. The van der Waals surface area contributed by atoms with Gasteiger partial charge in [-0.25, -0.2) is 19.6 Å². The Morgan fingerprint density at radius 3 is 1.21 bits per heavy atom. The zero-order chi connectivity index (χ0) is 19.3. The van der Waals surface area contributed by atoms with Crippen molar-refractivity contribution in [2.75, 3.05) is 13.2 Å². The quantitative estimate of drug-likeness (QED) is 0.184. The van der Waals surface area contributed by atoms with Gasteiger partial charge in [-0.3, -0.25) is 0 Å². The number of hydrogen-bond acceptors (Lipinski definition) is 6. The van der Waals surface area contributed by atoms with Gasteiger partial charge in [-0.1, -0.05) is 19.1 Å². The summed E-state index contributed by atoms with van der Waals surface area (Å²) in [4.78, 5) is 30.1. The lowest BCUT2D eigenvalue weighted by atomic mass is 10.2. The Bertz CT molecular complexity index is 299. The summed E-state index contributed by atoms with van der Waals surface area (Å²) >= 11 is 0. The molecule has 0 heterocycles. The third-order valence-electron chi connectivity index (χ3n) is 2.03. The van der Waals surface area contributed by atoms with Crippen molar-refractivity contribution < 1.29 is 29.3 Å². The molecule has 0 aliphatic carbocycles. The molecule has 0 aromatic rings. The summed E-state index contributed by atoms with van der Waals surface area (Å²) in [5.41, 5.74) is -0.747. The van der Waals surface area contributed by atoms with Crippen molar-refractivity contribution >= 4 is 0 Å². The minimum atomic E-state index is -0.888. The second-order valence-electron chi connectivity index (χ2n) is 7.19. The van der Waals surface area contributed by atoms with Gasteiger partial charge in [0.25, 0.3) is 0 Å². The van der Waals surface area contributed by atoms with Gasteiger partial charge in [-0.15, -0.1) is 13.2 Å². The predicted molar refractivity (Wildman–Crippen MR) is 94.8 cm³/mol. The molecule has 0 bridgehead atoms. The molecule has 0 fully saturated rings. The van der Waals surface area contributed by atoms with Gasteiger partial charge >= 0.3 is 0 Å². The molecule has 144 valence electrons. The van der Waals surface area contributed by atoms with Gasteiger partial charge in [0.2, 0.25) is 5.79 Å². The van der Waals surface area contributed by atoms with Crippen molar-refractivity contribution in [3.05, 3.63) is 25.3 Å². The molecular formula is C18H36O6. The maximum absolute atomic E-state index is 5.29. The fraction of sp³-hybridized carbons (Fsp3) is 0.778. The molecule has 6 heteroatoms. The Balaban J connectivity index is 0. The minimum Gasteiger partial charge on any atom is -0.232 e. The summed E-state index contributed by atoms with van der Waals surface area (Å²) in [5, 5.41) is 0. The molecule has 0 saturated heterocycles. The van der Waals surface area contributed by atoms with Gasteiger partial charge in [0.1, 0.15) is 13.2 Å². The first kappa shape index (κ1) is 25.5. The molecule has 6 nitrogen and oxygen atoms in total. The van der Waals surface area contributed by atoms with Crippen molar-refractivity contribution in [1.29, 1.82) is 0 Å². The zero-order valence-corrected chi connectivity index (χ0v) is 16.6. The monoisotopic (exact) mass is 348 g/mol. The predicted octanol–water partition coefficient (Wildman–Crippen LogP) is 4.91. The molecule has 0 spiro atoms. The molecule has 0 aliphatic heterocycles. The standard InChI is InChI=1S/C12H26O4.C6H10O2/c1-9-12(8,15-13-10(2,3)4)16-14-11(5,6)7;1-3-5-7-8-6-4-2/h9H2,1-8H3;3-4H,1-2,5-6H2. The van der Waals surface area contributed by atoms with Crippen molar-refractivity contribution in [3.63, 3.8) is 0 Å². The van der Waals surface area contributed by atoms with Crippen LogP contribution >= 0.6 is 0 Å². The molecule has 24 heavy (non-hydrogen) atoms. The van der Waals surface area contributed by atoms with E-state index in [0.29, 0.717) is 19.6 Å². The summed E-state index contributed by atoms with van der Waals surface area (Å²) in [6.45, 7) is 22.9. The van der Waals surface area contributed by atoms with Crippen LogP contribution in [0, 0.1) is 0 Å². The average molecular weight is 348 g/mol. The lowest BCUT2D eigenvalue weighted by Gasteiger charge is -2.31. The third kappa shape index (κ3) is 19.3. The molecule has 0 aliphatic rings. The van der Waals surface area contributed by atoms with E-state index < -0.39 is 5.79 Å². The highest BCUT2D eigenvalue weighted by molar-refractivity contribution is 4.64. The summed E-state index contributed by atoms with van der Waals surface area (Å²) < 4.78 is 0. The lowest BCUT2D eigenvalue weighted by Crippen LogP contribution is -2.38. The highest BCUT2D eigenvalue weighted by Gasteiger charge is 2.31. The van der Waals surface area contributed by atoms with E-state index in [1.807, 2.05) is 48.5 Å². The van der Waals surface area contributed by atoms with Gasteiger partial charge in [-0.05, 0) is 48.5 Å². The normalized spacial score (nSPS) is 12.3. The number of hydrogen-bond donors (Lipinski definition) is 0. The van der Waals surface area contributed by atoms with Crippen LogP contribution in [0.5, 0.6) is 0 Å². The minimum absolute atomic E-state index is 0.373. The summed E-state index contributed by atoms with van der Waals surface area (Å²) in [5.74, 6) is -0.888. The molecule has 0 amide bonds. The maximum atomic E-state index is 5.29. The van der Waals surface area contributed by atoms with E-state index in [2.05, 4.69) is 22.9 Å². The maximum Gasteiger partial charge on any atom is 0.231 e. The second kappa shape index (κ2) is 12.6. The van der Waals surface area contributed by atoms with E-state index in [1.54, 1.807) is 19.1 Å². The first-order chi connectivity index (χ1) is 10.9. The first-order valence-corrected chi connectivity index (χ1v) is 8.09. The molecule has 0 saturated carbocycles. The molecule has 0 radical (unpaired) electrons. The van der Waals surface area contributed by atoms with E-state index in [9.17, 15) is 0 Å². The topological polar surface area (TPSA) is 55.4 Å². The van der Waals surface area contributed by atoms with Crippen LogP contribution in [-0.4, -0.2) is 30.2 Å². The lowest BCUT2D eigenvalue weighted by molar-refractivity contribution is -0.536. The third-order valence-corrected chi connectivity index (χ3v) is 2.03. The average Bonchev–Trinajstić information content (AvgIpc) is 2.47. The Morgan fingerprint density at radius 2 is 1.00 bits per heavy atom. The van der Waals surface area contributed by atoms with Gasteiger partial charge in [-0.2, -0.15) is 9.78 Å². The Morgan fingerprint density at radius 1 is 0.667 bits per heavy atom. The Kier molecular flexibility index (Phi) is 13.4. The SMILES string of the molecule is C=CCOOCC=C.CCC(C)(OOC(C)(C)C)OOC(C)(C)C. The van der Waals surface area contributed by atoms with Gasteiger partial charge in [0, 0.05) is 6.42 Å². The van der Waals surface area contributed by atoms with Crippen LogP contribution in [0.25, 0.3) is 0 Å². The molecule has 0 atom stereocenters. The van der Waals surface area contributed by atoms with Crippen molar-refractivity contribution in [2.24, 2.45) is 0 Å². The van der Waals surface area contributed by atoms with Crippen molar-refractivity contribution in [3.8, 4) is 0 Å². The Hall–Kier alpha value is -0.760. The van der Waals surface area contributed by atoms with Crippen LogP contribution in [0.4, 0.5) is 0 Å². The summed E-state index contributed by atoms with van der Waals surface area (Å²) in [6, 6.07) is 0. The van der Waals surface area contributed by atoms with Gasteiger partial charge in [0.15, 0.2) is 0 Å². The molecule has 0 aromatic carbocycles. The van der Waals surface area contributed by atoms with Crippen molar-refractivity contribution in [1.82, 2.24) is 0 Å². The van der Waals surface area contributed by atoms with E-state index >= 15 is 0 Å². The van der Waals surface area contributed by atoms with Crippen LogP contribution in [-0.2, 0) is 29.3 Å². The van der Waals surface area contributed by atoms with E-state index in [0.717, 1.165) is 0 Å². The first-order valence-electron chi connectivity index (χ1n) is 8.09. The van der Waals surface area contributed by atoms with E-state index in [1.165, 1.54) is 0 Å².